The van der Waals surface area contributed by atoms with Gasteiger partial charge in [-0.3, -0.25) is 0 Å². The van der Waals surface area contributed by atoms with Gasteiger partial charge in [-0.15, -0.1) is 6.58 Å². The molecule has 0 aliphatic heterocycles. The summed E-state index contributed by atoms with van der Waals surface area (Å²) in [6, 6.07) is 8.74. The van der Waals surface area contributed by atoms with Crippen molar-refractivity contribution in [1.29, 1.82) is 0 Å². The van der Waals surface area contributed by atoms with Crippen molar-refractivity contribution in [3.8, 4) is 0 Å². The topological polar surface area (TPSA) is 0 Å². The predicted molar refractivity (Wildman–Crippen MR) is 237 cm³/mol. The maximum Gasteiger partial charge on any atom is -0.0197 e. The van der Waals surface area contributed by atoms with Gasteiger partial charge in [0, 0.05) is 0 Å². The molecule has 50 heavy (non-hydrogen) atoms. The molecule has 0 N–H and O–H groups in total. The molecule has 0 saturated carbocycles. The first-order valence-electron chi connectivity index (χ1n) is 20.0. The molecule has 1 unspecified atom stereocenters. The van der Waals surface area contributed by atoms with Crippen LogP contribution in [0.4, 0.5) is 0 Å². The van der Waals surface area contributed by atoms with Crippen molar-refractivity contribution in [2.75, 3.05) is 0 Å². The number of hydrogen-bond acceptors (Lipinski definition) is 0. The zero-order valence-corrected chi connectivity index (χ0v) is 37.1. The summed E-state index contributed by atoms with van der Waals surface area (Å²) in [5.74, 6) is 4.19. The Balaban J connectivity index is -0.000000268. The maximum atomic E-state index is 3.97. The van der Waals surface area contributed by atoms with Crippen LogP contribution in [0.2, 0.25) is 0 Å². The van der Waals surface area contributed by atoms with Gasteiger partial charge in [-0.1, -0.05) is 184 Å². The van der Waals surface area contributed by atoms with E-state index in [0.717, 1.165) is 30.6 Å². The summed E-state index contributed by atoms with van der Waals surface area (Å²) in [5, 5.41) is 0. The van der Waals surface area contributed by atoms with Gasteiger partial charge in [0.2, 0.25) is 0 Å². The van der Waals surface area contributed by atoms with Crippen molar-refractivity contribution in [2.24, 2.45) is 35.5 Å². The van der Waals surface area contributed by atoms with Crippen LogP contribution in [0, 0.1) is 42.4 Å². The molecule has 0 aromatic heterocycles. The minimum absolute atomic E-state index is 0.586. The Labute approximate surface area is 317 Å². The highest BCUT2D eigenvalue weighted by Crippen LogP contribution is 2.18. The summed E-state index contributed by atoms with van der Waals surface area (Å²) >= 11 is 0. The van der Waals surface area contributed by atoms with Crippen LogP contribution in [0.3, 0.4) is 0 Å². The number of hydrogen-bond donors (Lipinski definition) is 0. The second-order valence-electron chi connectivity index (χ2n) is 16.3. The molecule has 0 spiro atoms. The zero-order chi connectivity index (χ0) is 40.0. The van der Waals surface area contributed by atoms with E-state index in [1.54, 1.807) is 0 Å². The lowest BCUT2D eigenvalue weighted by atomic mass is 9.94. The average molecular weight is 691 g/mol. The molecule has 1 aromatic rings. The van der Waals surface area contributed by atoms with E-state index in [1.807, 2.05) is 0 Å². The molecule has 0 amide bonds. The van der Waals surface area contributed by atoms with Crippen molar-refractivity contribution in [1.82, 2.24) is 0 Å². The number of allylic oxidation sites excluding steroid dienone is 6. The van der Waals surface area contributed by atoms with Gasteiger partial charge in [0.15, 0.2) is 0 Å². The Bertz CT molecular complexity index is 1040. The molecule has 0 bridgehead atoms. The first-order valence-corrected chi connectivity index (χ1v) is 20.0. The third-order valence-corrected chi connectivity index (χ3v) is 9.66. The van der Waals surface area contributed by atoms with Crippen molar-refractivity contribution < 1.29 is 0 Å². The largest absolute Gasteiger partial charge is 0.100 e. The number of rotatable bonds is 18. The molecule has 0 saturated heterocycles. The van der Waals surface area contributed by atoms with E-state index >= 15 is 0 Å². The predicted octanol–water partition coefficient (Wildman–Crippen LogP) is 17.3. The maximum absolute atomic E-state index is 3.97. The van der Waals surface area contributed by atoms with Crippen molar-refractivity contribution >= 4 is 0 Å². The molecule has 0 heterocycles. The monoisotopic (exact) mass is 691 g/mol. The van der Waals surface area contributed by atoms with Gasteiger partial charge in [-0.05, 0) is 128 Å². The van der Waals surface area contributed by atoms with Crippen LogP contribution in [-0.4, -0.2) is 0 Å². The summed E-state index contributed by atoms with van der Waals surface area (Å²) in [4.78, 5) is 0. The number of benzene rings is 1. The normalized spacial score (nSPS) is 13.1. The van der Waals surface area contributed by atoms with Crippen LogP contribution < -0.4 is 0 Å². The van der Waals surface area contributed by atoms with E-state index in [1.165, 1.54) is 95.9 Å². The van der Waals surface area contributed by atoms with Crippen LogP contribution in [0.5, 0.6) is 0 Å². The molecule has 0 nitrogen and oxygen atoms in total. The third kappa shape index (κ3) is 38.5. The summed E-state index contributed by atoms with van der Waals surface area (Å²) in [5.41, 5.74) is 10.5. The van der Waals surface area contributed by atoms with E-state index in [2.05, 4.69) is 175 Å². The second-order valence-corrected chi connectivity index (χ2v) is 16.3. The highest BCUT2D eigenvalue weighted by Gasteiger charge is 2.05. The van der Waals surface area contributed by atoms with Crippen molar-refractivity contribution in [3.63, 3.8) is 0 Å². The first kappa shape index (κ1) is 54.4. The zero-order valence-electron chi connectivity index (χ0n) is 37.1. The average Bonchev–Trinajstić information content (AvgIpc) is 3.01. The van der Waals surface area contributed by atoms with Crippen LogP contribution in [-0.2, 0) is 6.42 Å². The van der Waals surface area contributed by atoms with Gasteiger partial charge >= 0.3 is 0 Å². The molecular weight excluding hydrogens is 601 g/mol. The molecule has 0 aliphatic carbocycles. The van der Waals surface area contributed by atoms with Gasteiger partial charge < -0.3 is 0 Å². The van der Waals surface area contributed by atoms with Crippen LogP contribution in [0.25, 0.3) is 0 Å². The lowest BCUT2D eigenvalue weighted by Gasteiger charge is -2.12. The second kappa shape index (κ2) is 33.8. The lowest BCUT2D eigenvalue weighted by Crippen LogP contribution is -1.99. The number of unbranched alkanes of at least 4 members (excludes halogenated alkanes) is 2. The molecule has 1 rings (SSSR count). The minimum Gasteiger partial charge on any atom is -0.100 e. The van der Waals surface area contributed by atoms with Crippen LogP contribution >= 0.6 is 0 Å². The fourth-order valence-corrected chi connectivity index (χ4v) is 4.50. The summed E-state index contributed by atoms with van der Waals surface area (Å²) < 4.78 is 0. The first-order chi connectivity index (χ1) is 23.0. The fraction of sp³-hybridized carbons (Fsp3) is 0.640. The Morgan fingerprint density at radius 2 is 0.900 bits per heavy atom. The smallest absolute Gasteiger partial charge is 0.0197 e. The standard InChI is InChI=1S/C13H18.C10H18.C10H20.C9H18.C8H16/c1-10(2)12(4)9-13-7-5-11(3)6-8-13;1-8(2)6-7-10(5)9(3)4;1-5-6-7-8-10(4)9(2)3;1-7(2)6-9(5)8(3)4;1-5-6-8(4)7(2)3/h5-8,12H,1,9H2,2-4H3;10H,1,3,6-7H2,2,4-5H3;10H,2,5-8H2,1,3-4H3;7,9H,3,6H2,1-2,4-5H3;8H,2,5-6H2,1,3-4H3/t12-;2*10-;;8-/m000.0/s1. The Morgan fingerprint density at radius 3 is 1.20 bits per heavy atom. The summed E-state index contributed by atoms with van der Waals surface area (Å²) in [7, 11) is 0. The molecule has 1 aromatic carbocycles. The Morgan fingerprint density at radius 1 is 0.500 bits per heavy atom. The van der Waals surface area contributed by atoms with E-state index in [9.17, 15) is 0 Å². The molecule has 0 radical (unpaired) electrons. The Hall–Kier alpha value is -2.34. The van der Waals surface area contributed by atoms with Gasteiger partial charge in [0.25, 0.3) is 0 Å². The molecule has 0 heteroatoms. The van der Waals surface area contributed by atoms with E-state index < -0.39 is 0 Å². The van der Waals surface area contributed by atoms with Gasteiger partial charge in [-0.25, -0.2) is 0 Å². The highest BCUT2D eigenvalue weighted by atomic mass is 14.1. The van der Waals surface area contributed by atoms with Crippen molar-refractivity contribution in [2.45, 2.75) is 175 Å². The molecular formula is C50H90. The van der Waals surface area contributed by atoms with Crippen LogP contribution in [0.1, 0.15) is 173 Å². The summed E-state index contributed by atoms with van der Waals surface area (Å²) in [6.07, 6.45) is 12.7. The van der Waals surface area contributed by atoms with Gasteiger partial charge in [0.05, 0.1) is 0 Å². The molecule has 290 valence electrons. The van der Waals surface area contributed by atoms with E-state index in [0.29, 0.717) is 17.8 Å². The summed E-state index contributed by atoms with van der Waals surface area (Å²) in [6.45, 7) is 58.3. The molecule has 5 atom stereocenters. The highest BCUT2D eigenvalue weighted by molar-refractivity contribution is 5.22. The van der Waals surface area contributed by atoms with Crippen LogP contribution in [0.15, 0.2) is 97.2 Å². The molecule has 0 aliphatic rings. The quantitative estimate of drug-likeness (QED) is 0.106. The lowest BCUT2D eigenvalue weighted by molar-refractivity contribution is 0.487. The van der Waals surface area contributed by atoms with E-state index in [4.69, 9.17) is 0 Å². The number of aryl methyl sites for hydroxylation is 1. The Kier molecular flexibility index (Phi) is 36.8. The minimum atomic E-state index is 0.586. The SMILES string of the molecule is C=C(C)C(C)CC(C)C.C=C(C)CC[C@H](C)C(=C)C.C=C(C)[C@@H](C)CCC.C=C(C)[C@@H](C)CCCCC.C=C(C)[C@@H](C)Cc1ccc(C)cc1. The fourth-order valence-electron chi connectivity index (χ4n) is 4.50. The van der Waals surface area contributed by atoms with Gasteiger partial charge in [0.1, 0.15) is 0 Å². The van der Waals surface area contributed by atoms with Crippen molar-refractivity contribution in [3.05, 3.63) is 108 Å². The molecule has 0 fully saturated rings. The van der Waals surface area contributed by atoms with E-state index in [-0.39, 0.29) is 0 Å². The van der Waals surface area contributed by atoms with Gasteiger partial charge in [-0.2, -0.15) is 0 Å². The third-order valence-electron chi connectivity index (χ3n) is 9.66.